The molecular formula is C8H12N2S. The second kappa shape index (κ2) is 2.57. The zero-order chi connectivity index (χ0) is 7.84. The molecule has 60 valence electrons. The van der Waals surface area contributed by atoms with Gasteiger partial charge in [0.1, 0.15) is 0 Å². The molecule has 2 N–H and O–H groups in total. The lowest BCUT2D eigenvalue weighted by Gasteiger charge is -2.04. The fraction of sp³-hybridized carbons (Fsp3) is 0.625. The summed E-state index contributed by atoms with van der Waals surface area (Å²) in [6.45, 7) is 2.02. The van der Waals surface area contributed by atoms with Crippen LogP contribution in [0.25, 0.3) is 0 Å². The van der Waals surface area contributed by atoms with E-state index in [1.54, 1.807) is 11.3 Å². The van der Waals surface area contributed by atoms with Crippen molar-refractivity contribution in [3.8, 4) is 0 Å². The van der Waals surface area contributed by atoms with Gasteiger partial charge in [0.2, 0.25) is 0 Å². The van der Waals surface area contributed by atoms with Crippen molar-refractivity contribution in [1.82, 2.24) is 4.98 Å². The van der Waals surface area contributed by atoms with E-state index in [4.69, 9.17) is 5.73 Å². The smallest absolute Gasteiger partial charge is 0.0898 e. The maximum Gasteiger partial charge on any atom is 0.0898 e. The van der Waals surface area contributed by atoms with E-state index in [0.717, 1.165) is 16.6 Å². The maximum absolute atomic E-state index is 5.96. The SMILES string of the molecule is Cc1nc(C(N)C2CC2)cs1. The predicted molar refractivity (Wildman–Crippen MR) is 46.5 cm³/mol. The Balaban J connectivity index is 2.14. The summed E-state index contributed by atoms with van der Waals surface area (Å²) in [5.74, 6) is 0.719. The molecule has 0 amide bonds. The van der Waals surface area contributed by atoms with E-state index in [0.29, 0.717) is 0 Å². The first kappa shape index (κ1) is 7.25. The Hall–Kier alpha value is -0.410. The number of nitrogens with zero attached hydrogens (tertiary/aromatic N) is 1. The van der Waals surface area contributed by atoms with Crippen LogP contribution in [-0.2, 0) is 0 Å². The summed E-state index contributed by atoms with van der Waals surface area (Å²) in [7, 11) is 0. The van der Waals surface area contributed by atoms with Gasteiger partial charge in [-0.2, -0.15) is 0 Å². The molecule has 0 spiro atoms. The van der Waals surface area contributed by atoms with Gasteiger partial charge in [0.15, 0.2) is 0 Å². The summed E-state index contributed by atoms with van der Waals surface area (Å²) >= 11 is 1.69. The molecule has 0 aromatic carbocycles. The molecule has 1 saturated carbocycles. The van der Waals surface area contributed by atoms with Gasteiger partial charge in [-0.25, -0.2) is 4.98 Å². The molecule has 0 bridgehead atoms. The van der Waals surface area contributed by atoms with Crippen LogP contribution in [0.3, 0.4) is 0 Å². The molecule has 0 radical (unpaired) electrons. The normalized spacial score (nSPS) is 20.2. The molecular weight excluding hydrogens is 156 g/mol. The van der Waals surface area contributed by atoms with E-state index in [9.17, 15) is 0 Å². The van der Waals surface area contributed by atoms with Crippen molar-refractivity contribution in [1.29, 1.82) is 0 Å². The van der Waals surface area contributed by atoms with Crippen molar-refractivity contribution in [3.05, 3.63) is 16.1 Å². The number of thiazole rings is 1. The van der Waals surface area contributed by atoms with Crippen molar-refractivity contribution in [2.75, 3.05) is 0 Å². The molecule has 2 rings (SSSR count). The van der Waals surface area contributed by atoms with E-state index < -0.39 is 0 Å². The summed E-state index contributed by atoms with van der Waals surface area (Å²) < 4.78 is 0. The average Bonchev–Trinajstić information content (AvgIpc) is 2.74. The minimum absolute atomic E-state index is 0.208. The average molecular weight is 168 g/mol. The maximum atomic E-state index is 5.96. The van der Waals surface area contributed by atoms with Crippen LogP contribution in [0.5, 0.6) is 0 Å². The zero-order valence-electron chi connectivity index (χ0n) is 6.58. The van der Waals surface area contributed by atoms with Gasteiger partial charge in [0, 0.05) is 5.38 Å². The number of rotatable bonds is 2. The summed E-state index contributed by atoms with van der Waals surface area (Å²) in [5.41, 5.74) is 7.05. The highest BCUT2D eigenvalue weighted by Crippen LogP contribution is 2.39. The summed E-state index contributed by atoms with van der Waals surface area (Å²) in [5, 5.41) is 3.20. The van der Waals surface area contributed by atoms with Crippen LogP contribution < -0.4 is 5.73 Å². The monoisotopic (exact) mass is 168 g/mol. The van der Waals surface area contributed by atoms with Crippen molar-refractivity contribution < 1.29 is 0 Å². The Labute approximate surface area is 70.5 Å². The predicted octanol–water partition coefficient (Wildman–Crippen LogP) is 1.86. The third kappa shape index (κ3) is 1.44. The number of hydrogen-bond donors (Lipinski definition) is 1. The highest BCUT2D eigenvalue weighted by molar-refractivity contribution is 7.09. The van der Waals surface area contributed by atoms with Gasteiger partial charge in [0.05, 0.1) is 16.7 Å². The molecule has 1 fully saturated rings. The second-order valence-corrected chi connectivity index (χ2v) is 4.22. The lowest BCUT2D eigenvalue weighted by molar-refractivity contribution is 0.617. The summed E-state index contributed by atoms with van der Waals surface area (Å²) in [6.07, 6.45) is 2.58. The minimum Gasteiger partial charge on any atom is -0.322 e. The van der Waals surface area contributed by atoms with Crippen molar-refractivity contribution in [2.24, 2.45) is 11.7 Å². The van der Waals surface area contributed by atoms with E-state index in [1.165, 1.54) is 12.8 Å². The van der Waals surface area contributed by atoms with Gasteiger partial charge >= 0.3 is 0 Å². The van der Waals surface area contributed by atoms with Crippen LogP contribution in [0.15, 0.2) is 5.38 Å². The van der Waals surface area contributed by atoms with Crippen LogP contribution in [0.2, 0.25) is 0 Å². The Morgan fingerprint density at radius 3 is 2.91 bits per heavy atom. The number of aryl methyl sites for hydroxylation is 1. The number of aromatic nitrogens is 1. The Morgan fingerprint density at radius 1 is 1.73 bits per heavy atom. The Morgan fingerprint density at radius 2 is 2.45 bits per heavy atom. The Kier molecular flexibility index (Phi) is 1.69. The van der Waals surface area contributed by atoms with E-state index in [2.05, 4.69) is 10.4 Å². The van der Waals surface area contributed by atoms with Crippen LogP contribution in [0, 0.1) is 12.8 Å². The summed E-state index contributed by atoms with van der Waals surface area (Å²) in [4.78, 5) is 4.37. The number of nitrogens with two attached hydrogens (primary N) is 1. The van der Waals surface area contributed by atoms with E-state index in [-0.39, 0.29) is 6.04 Å². The largest absolute Gasteiger partial charge is 0.322 e. The third-order valence-corrected chi connectivity index (χ3v) is 2.90. The first-order valence-corrected chi connectivity index (χ1v) is 4.83. The van der Waals surface area contributed by atoms with Crippen molar-refractivity contribution in [3.63, 3.8) is 0 Å². The molecule has 1 aliphatic carbocycles. The lowest BCUT2D eigenvalue weighted by Crippen LogP contribution is -2.12. The van der Waals surface area contributed by atoms with Gasteiger partial charge in [-0.3, -0.25) is 0 Å². The number of hydrogen-bond acceptors (Lipinski definition) is 3. The zero-order valence-corrected chi connectivity index (χ0v) is 7.40. The molecule has 1 aromatic rings. The van der Waals surface area contributed by atoms with E-state index in [1.807, 2.05) is 6.92 Å². The highest BCUT2D eigenvalue weighted by Gasteiger charge is 2.30. The molecule has 0 saturated heterocycles. The topological polar surface area (TPSA) is 38.9 Å². The van der Waals surface area contributed by atoms with Crippen LogP contribution in [-0.4, -0.2) is 4.98 Å². The standard InChI is InChI=1S/C8H12N2S/c1-5-10-7(4-11-5)8(9)6-2-3-6/h4,6,8H,2-3,9H2,1H3. The fourth-order valence-electron chi connectivity index (χ4n) is 1.23. The van der Waals surface area contributed by atoms with Crippen molar-refractivity contribution >= 4 is 11.3 Å². The quantitative estimate of drug-likeness (QED) is 0.732. The van der Waals surface area contributed by atoms with Gasteiger partial charge in [-0.15, -0.1) is 11.3 Å². The molecule has 11 heavy (non-hydrogen) atoms. The molecule has 1 unspecified atom stereocenters. The molecule has 1 aliphatic rings. The van der Waals surface area contributed by atoms with Crippen LogP contribution >= 0.6 is 11.3 Å². The molecule has 1 aromatic heterocycles. The van der Waals surface area contributed by atoms with Crippen LogP contribution in [0.1, 0.15) is 29.6 Å². The fourth-order valence-corrected chi connectivity index (χ4v) is 1.89. The van der Waals surface area contributed by atoms with Gasteiger partial charge in [0.25, 0.3) is 0 Å². The first-order chi connectivity index (χ1) is 5.27. The highest BCUT2D eigenvalue weighted by atomic mass is 32.1. The lowest BCUT2D eigenvalue weighted by atomic mass is 10.1. The Bertz CT molecular complexity index is 252. The van der Waals surface area contributed by atoms with Gasteiger partial charge in [-0.05, 0) is 25.7 Å². The van der Waals surface area contributed by atoms with E-state index >= 15 is 0 Å². The summed E-state index contributed by atoms with van der Waals surface area (Å²) in [6, 6.07) is 0.208. The second-order valence-electron chi connectivity index (χ2n) is 3.15. The molecule has 3 heteroatoms. The van der Waals surface area contributed by atoms with Gasteiger partial charge in [-0.1, -0.05) is 0 Å². The molecule has 0 aliphatic heterocycles. The van der Waals surface area contributed by atoms with Crippen LogP contribution in [0.4, 0.5) is 0 Å². The van der Waals surface area contributed by atoms with Gasteiger partial charge < -0.3 is 5.73 Å². The first-order valence-electron chi connectivity index (χ1n) is 3.95. The van der Waals surface area contributed by atoms with Crippen molar-refractivity contribution in [2.45, 2.75) is 25.8 Å². The molecule has 2 nitrogen and oxygen atoms in total. The molecule has 1 atom stereocenters. The third-order valence-electron chi connectivity index (χ3n) is 2.11. The molecule has 1 heterocycles. The minimum atomic E-state index is 0.208.